The van der Waals surface area contributed by atoms with Crippen LogP contribution in [0.15, 0.2) is 164 Å². The van der Waals surface area contributed by atoms with Crippen LogP contribution >= 0.6 is 7.92 Å². The molecule has 1 aliphatic rings. The van der Waals surface area contributed by atoms with Gasteiger partial charge in [-0.1, -0.05) is 140 Å². The van der Waals surface area contributed by atoms with Gasteiger partial charge in [-0.25, -0.2) is 9.97 Å². The van der Waals surface area contributed by atoms with Gasteiger partial charge in [0.25, 0.3) is 0 Å². The third-order valence-corrected chi connectivity index (χ3v) is 11.9. The number of hydrogen-bond acceptors (Lipinski definition) is 2. The van der Waals surface area contributed by atoms with Gasteiger partial charge in [0.2, 0.25) is 0 Å². The van der Waals surface area contributed by atoms with E-state index in [1.807, 2.05) is 24.3 Å². The molecule has 10 rings (SSSR count). The molecule has 0 atom stereocenters. The van der Waals surface area contributed by atoms with Gasteiger partial charge in [-0.2, -0.15) is 0 Å². The van der Waals surface area contributed by atoms with Crippen molar-refractivity contribution in [2.24, 2.45) is 0 Å². The standard InChI is InChI=1S/C44H27N2P/c1-3-10-31-26-34(22-16-28(31)8-1)47(35-23-17-29-9-2-4-11-32(29)27-35)33-20-18-30(19-21-33)36-24-25-39-42-37(36)12-7-13-38(42)43-44(39)46-41-15-6-5-14-40(41)45-43/h1-27H. The molecule has 8 aromatic carbocycles. The molecule has 0 saturated heterocycles. The van der Waals surface area contributed by atoms with Gasteiger partial charge < -0.3 is 0 Å². The predicted octanol–water partition coefficient (Wildman–Crippen LogP) is 10.2. The van der Waals surface area contributed by atoms with Crippen molar-refractivity contribution >= 4 is 67.2 Å². The minimum atomic E-state index is -0.772. The van der Waals surface area contributed by atoms with Gasteiger partial charge in [-0.15, -0.1) is 0 Å². The molecular weight excluding hydrogens is 587 g/mol. The highest BCUT2D eigenvalue weighted by molar-refractivity contribution is 7.79. The molecule has 0 saturated carbocycles. The van der Waals surface area contributed by atoms with E-state index in [1.165, 1.54) is 70.5 Å². The van der Waals surface area contributed by atoms with E-state index in [4.69, 9.17) is 9.97 Å². The van der Waals surface area contributed by atoms with Crippen LogP contribution in [0.1, 0.15) is 0 Å². The van der Waals surface area contributed by atoms with Gasteiger partial charge in [-0.3, -0.25) is 0 Å². The van der Waals surface area contributed by atoms with Gasteiger partial charge in [0.05, 0.1) is 22.4 Å². The molecule has 2 nitrogen and oxygen atoms in total. The number of benzene rings is 8. The summed E-state index contributed by atoms with van der Waals surface area (Å²) < 4.78 is 0. The number of rotatable bonds is 4. The predicted molar refractivity (Wildman–Crippen MR) is 201 cm³/mol. The summed E-state index contributed by atoms with van der Waals surface area (Å²) in [6.07, 6.45) is 0. The lowest BCUT2D eigenvalue weighted by Gasteiger charge is -2.21. The van der Waals surface area contributed by atoms with Crippen LogP contribution in [-0.2, 0) is 0 Å². The maximum absolute atomic E-state index is 5.06. The fourth-order valence-electron chi connectivity index (χ4n) is 7.30. The molecule has 9 aromatic rings. The molecule has 1 aromatic heterocycles. The quantitative estimate of drug-likeness (QED) is 0.184. The number of para-hydroxylation sites is 2. The lowest BCUT2D eigenvalue weighted by Crippen LogP contribution is -2.20. The van der Waals surface area contributed by atoms with Crippen molar-refractivity contribution in [3.63, 3.8) is 0 Å². The van der Waals surface area contributed by atoms with Crippen LogP contribution < -0.4 is 15.9 Å². The van der Waals surface area contributed by atoms with Gasteiger partial charge in [0, 0.05) is 16.5 Å². The zero-order valence-electron chi connectivity index (χ0n) is 25.4. The second kappa shape index (κ2) is 10.4. The van der Waals surface area contributed by atoms with Crippen molar-refractivity contribution in [1.29, 1.82) is 0 Å². The third kappa shape index (κ3) is 4.23. The van der Waals surface area contributed by atoms with Crippen LogP contribution in [0.25, 0.3) is 77.0 Å². The highest BCUT2D eigenvalue weighted by Gasteiger charge is 2.26. The van der Waals surface area contributed by atoms with Crippen LogP contribution in [0.4, 0.5) is 0 Å². The molecule has 0 bridgehead atoms. The molecule has 47 heavy (non-hydrogen) atoms. The smallest absolute Gasteiger partial charge is 0.0979 e. The first-order valence-electron chi connectivity index (χ1n) is 16.0. The maximum atomic E-state index is 5.06. The minimum absolute atomic E-state index is 0.772. The summed E-state index contributed by atoms with van der Waals surface area (Å²) in [4.78, 5) is 10.1. The molecule has 0 unspecified atom stereocenters. The maximum Gasteiger partial charge on any atom is 0.0979 e. The van der Waals surface area contributed by atoms with Gasteiger partial charge in [0.15, 0.2) is 0 Å². The highest BCUT2D eigenvalue weighted by atomic mass is 31.1. The molecule has 0 aliphatic heterocycles. The Morgan fingerprint density at radius 1 is 0.362 bits per heavy atom. The van der Waals surface area contributed by atoms with Gasteiger partial charge in [0.1, 0.15) is 0 Å². The van der Waals surface area contributed by atoms with Crippen molar-refractivity contribution in [3.05, 3.63) is 164 Å². The third-order valence-electron chi connectivity index (χ3n) is 9.54. The van der Waals surface area contributed by atoms with E-state index in [0.29, 0.717) is 0 Å². The molecule has 0 spiro atoms. The second-order valence-corrected chi connectivity index (χ2v) is 14.5. The molecule has 218 valence electrons. The molecule has 0 radical (unpaired) electrons. The van der Waals surface area contributed by atoms with Crippen molar-refractivity contribution in [1.82, 2.24) is 9.97 Å². The Balaban J connectivity index is 1.10. The van der Waals surface area contributed by atoms with E-state index in [2.05, 4.69) is 140 Å². The molecule has 0 amide bonds. The fourth-order valence-corrected chi connectivity index (χ4v) is 9.62. The molecule has 1 heterocycles. The van der Waals surface area contributed by atoms with Crippen LogP contribution in [0.3, 0.4) is 0 Å². The Bertz CT molecular complexity index is 2570. The molecule has 1 aliphatic carbocycles. The Kier molecular flexibility index (Phi) is 5.88. The monoisotopic (exact) mass is 614 g/mol. The Morgan fingerprint density at radius 3 is 1.49 bits per heavy atom. The van der Waals surface area contributed by atoms with Crippen molar-refractivity contribution in [2.45, 2.75) is 0 Å². The van der Waals surface area contributed by atoms with E-state index < -0.39 is 7.92 Å². The van der Waals surface area contributed by atoms with E-state index in [1.54, 1.807) is 0 Å². The van der Waals surface area contributed by atoms with Crippen molar-refractivity contribution in [2.75, 3.05) is 0 Å². The minimum Gasteiger partial charge on any atom is -0.244 e. The Labute approximate surface area is 273 Å². The first kappa shape index (κ1) is 26.5. The number of hydrogen-bond donors (Lipinski definition) is 0. The number of aromatic nitrogens is 2. The highest BCUT2D eigenvalue weighted by Crippen LogP contribution is 2.48. The summed E-state index contributed by atoms with van der Waals surface area (Å²) in [6.45, 7) is 0. The summed E-state index contributed by atoms with van der Waals surface area (Å²) in [7, 11) is -0.772. The lowest BCUT2D eigenvalue weighted by molar-refractivity contribution is 1.32. The van der Waals surface area contributed by atoms with Crippen molar-refractivity contribution < 1.29 is 0 Å². The van der Waals surface area contributed by atoms with Crippen LogP contribution in [0.2, 0.25) is 0 Å². The lowest BCUT2D eigenvalue weighted by atomic mass is 9.95. The Morgan fingerprint density at radius 2 is 0.872 bits per heavy atom. The zero-order chi connectivity index (χ0) is 30.9. The summed E-state index contributed by atoms with van der Waals surface area (Å²) in [5, 5.41) is 11.6. The van der Waals surface area contributed by atoms with E-state index >= 15 is 0 Å². The van der Waals surface area contributed by atoms with Gasteiger partial charge >= 0.3 is 0 Å². The fraction of sp³-hybridized carbons (Fsp3) is 0. The summed E-state index contributed by atoms with van der Waals surface area (Å²) >= 11 is 0. The van der Waals surface area contributed by atoms with Crippen LogP contribution in [0, 0.1) is 0 Å². The van der Waals surface area contributed by atoms with Gasteiger partial charge in [-0.05, 0) is 86.2 Å². The topological polar surface area (TPSA) is 25.8 Å². The summed E-state index contributed by atoms with van der Waals surface area (Å²) in [5.41, 5.74) is 8.60. The van der Waals surface area contributed by atoms with Crippen LogP contribution in [0.5, 0.6) is 0 Å². The van der Waals surface area contributed by atoms with E-state index in [9.17, 15) is 0 Å². The average molecular weight is 615 g/mol. The molecule has 3 heteroatoms. The molecule has 0 N–H and O–H groups in total. The second-order valence-electron chi connectivity index (χ2n) is 12.2. The van der Waals surface area contributed by atoms with Crippen molar-refractivity contribution in [3.8, 4) is 33.6 Å². The molecular formula is C44H27N2P. The Hall–Kier alpha value is -5.69. The number of nitrogens with zero attached hydrogens (tertiary/aromatic N) is 2. The summed E-state index contributed by atoms with van der Waals surface area (Å²) in [6, 6.07) is 59.8. The molecule has 0 fully saturated rings. The number of fused-ring (bicyclic) bond motifs is 6. The normalized spacial score (nSPS) is 12.0. The first-order chi connectivity index (χ1) is 23.3. The van der Waals surface area contributed by atoms with E-state index in [-0.39, 0.29) is 0 Å². The SMILES string of the molecule is c1ccc2cc(P(c3ccc(-c4ccc5c6c(cccc46)-c4nc6ccccc6nc4-5)cc3)c3ccc4ccccc4c3)ccc2c1. The average Bonchev–Trinajstić information content (AvgIpc) is 3.45. The van der Waals surface area contributed by atoms with Crippen LogP contribution in [-0.4, -0.2) is 9.97 Å². The summed E-state index contributed by atoms with van der Waals surface area (Å²) in [5.74, 6) is 0. The largest absolute Gasteiger partial charge is 0.244 e. The zero-order valence-corrected chi connectivity index (χ0v) is 26.3. The first-order valence-corrected chi connectivity index (χ1v) is 17.3. The van der Waals surface area contributed by atoms with E-state index in [0.717, 1.165) is 22.4 Å².